The fourth-order valence-electron chi connectivity index (χ4n) is 1.30. The first-order valence-corrected chi connectivity index (χ1v) is 5.91. The van der Waals surface area contributed by atoms with Gasteiger partial charge in [0.25, 0.3) is 0 Å². The second kappa shape index (κ2) is 9.67. The van der Waals surface area contributed by atoms with Crippen LogP contribution in [-0.2, 0) is 14.3 Å². The molecule has 7 nitrogen and oxygen atoms in total. The van der Waals surface area contributed by atoms with Crippen molar-refractivity contribution in [3.05, 3.63) is 0 Å². The lowest BCUT2D eigenvalue weighted by Gasteiger charge is -2.23. The zero-order valence-corrected chi connectivity index (χ0v) is 11.1. The minimum Gasteiger partial charge on any atom is -0.480 e. The summed E-state index contributed by atoms with van der Waals surface area (Å²) in [4.78, 5) is 24.1. The van der Waals surface area contributed by atoms with Gasteiger partial charge in [-0.2, -0.15) is 0 Å². The Labute approximate surface area is 107 Å². The number of carbonyl (C=O) groups excluding carboxylic acids is 1. The van der Waals surface area contributed by atoms with Gasteiger partial charge in [-0.25, -0.2) is 9.59 Å². The van der Waals surface area contributed by atoms with Crippen LogP contribution in [0.3, 0.4) is 0 Å². The van der Waals surface area contributed by atoms with Crippen LogP contribution in [0.4, 0.5) is 4.79 Å². The van der Waals surface area contributed by atoms with Gasteiger partial charge in [-0.1, -0.05) is 0 Å². The topological polar surface area (TPSA) is 88.1 Å². The van der Waals surface area contributed by atoms with E-state index in [4.69, 9.17) is 14.6 Å². The van der Waals surface area contributed by atoms with Crippen LogP contribution < -0.4 is 5.32 Å². The first-order valence-electron chi connectivity index (χ1n) is 5.91. The quantitative estimate of drug-likeness (QED) is 0.578. The van der Waals surface area contributed by atoms with Crippen LogP contribution in [0.2, 0.25) is 0 Å². The fourth-order valence-corrected chi connectivity index (χ4v) is 1.30. The third-order valence-electron chi connectivity index (χ3n) is 2.31. The maximum absolute atomic E-state index is 11.8. The number of rotatable bonds is 9. The van der Waals surface area contributed by atoms with Gasteiger partial charge in [-0.05, 0) is 13.8 Å². The number of likely N-dealkylation sites (N-methyl/N-ethyl adjacent to an activating group) is 1. The Balaban J connectivity index is 4.26. The average Bonchev–Trinajstić information content (AvgIpc) is 2.33. The Morgan fingerprint density at radius 3 is 2.50 bits per heavy atom. The highest BCUT2D eigenvalue weighted by Gasteiger charge is 2.22. The van der Waals surface area contributed by atoms with Crippen LogP contribution in [0.25, 0.3) is 0 Å². The number of carbonyl (C=O) groups is 2. The van der Waals surface area contributed by atoms with Crippen molar-refractivity contribution in [2.45, 2.75) is 19.9 Å². The van der Waals surface area contributed by atoms with Crippen molar-refractivity contribution in [3.8, 4) is 0 Å². The smallest absolute Gasteiger partial charge is 0.328 e. The molecule has 2 N–H and O–H groups in total. The van der Waals surface area contributed by atoms with Crippen LogP contribution in [0, 0.1) is 0 Å². The molecular formula is C11H22N2O5. The molecule has 0 saturated carbocycles. The van der Waals surface area contributed by atoms with Crippen molar-refractivity contribution in [2.75, 3.05) is 40.0 Å². The van der Waals surface area contributed by atoms with Crippen molar-refractivity contribution in [3.63, 3.8) is 0 Å². The largest absolute Gasteiger partial charge is 0.480 e. The molecule has 2 amide bonds. The van der Waals surface area contributed by atoms with Crippen LogP contribution in [0.1, 0.15) is 13.8 Å². The Morgan fingerprint density at radius 1 is 1.39 bits per heavy atom. The minimum atomic E-state index is -1.12. The summed E-state index contributed by atoms with van der Waals surface area (Å²) in [7, 11) is 1.38. The molecule has 0 bridgehead atoms. The van der Waals surface area contributed by atoms with Gasteiger partial charge in [0.1, 0.15) is 0 Å². The van der Waals surface area contributed by atoms with E-state index >= 15 is 0 Å². The summed E-state index contributed by atoms with van der Waals surface area (Å²) in [5.74, 6) is -1.12. The highest BCUT2D eigenvalue weighted by Crippen LogP contribution is 1.93. The fraction of sp³-hybridized carbons (Fsp3) is 0.818. The van der Waals surface area contributed by atoms with E-state index in [9.17, 15) is 9.59 Å². The molecule has 0 rings (SSSR count). The summed E-state index contributed by atoms with van der Waals surface area (Å²) in [5, 5.41) is 11.3. The van der Waals surface area contributed by atoms with Gasteiger partial charge >= 0.3 is 12.0 Å². The van der Waals surface area contributed by atoms with Crippen LogP contribution in [0.15, 0.2) is 0 Å². The first-order chi connectivity index (χ1) is 8.56. The molecule has 1 atom stereocenters. The first kappa shape index (κ1) is 16.7. The summed E-state index contributed by atoms with van der Waals surface area (Å²) in [5.41, 5.74) is 0. The predicted molar refractivity (Wildman–Crippen MR) is 65.6 cm³/mol. The lowest BCUT2D eigenvalue weighted by Crippen LogP contribution is -2.50. The number of nitrogens with one attached hydrogen (secondary N) is 1. The number of amides is 2. The van der Waals surface area contributed by atoms with Gasteiger partial charge in [0, 0.05) is 26.8 Å². The van der Waals surface area contributed by atoms with Gasteiger partial charge in [0.05, 0.1) is 13.2 Å². The lowest BCUT2D eigenvalue weighted by molar-refractivity contribution is -0.140. The van der Waals surface area contributed by atoms with Crippen molar-refractivity contribution in [2.24, 2.45) is 0 Å². The monoisotopic (exact) mass is 262 g/mol. The van der Waals surface area contributed by atoms with Gasteiger partial charge < -0.3 is 24.8 Å². The van der Waals surface area contributed by atoms with Crippen LogP contribution in [-0.4, -0.2) is 68.1 Å². The molecule has 18 heavy (non-hydrogen) atoms. The van der Waals surface area contributed by atoms with Gasteiger partial charge in [0.2, 0.25) is 0 Å². The predicted octanol–water partition coefficient (Wildman–Crippen LogP) is 0.154. The molecule has 0 radical (unpaired) electrons. The Morgan fingerprint density at radius 2 is 2.06 bits per heavy atom. The molecule has 0 heterocycles. The van der Waals surface area contributed by atoms with E-state index in [1.54, 1.807) is 0 Å². The number of hydrogen-bond acceptors (Lipinski definition) is 4. The second-order valence-electron chi connectivity index (χ2n) is 3.57. The number of methoxy groups -OCH3 is 1. The number of nitrogens with zero attached hydrogens (tertiary/aromatic N) is 1. The third kappa shape index (κ3) is 6.41. The summed E-state index contributed by atoms with van der Waals surface area (Å²) in [6.07, 6.45) is 0. The van der Waals surface area contributed by atoms with Crippen molar-refractivity contribution in [1.29, 1.82) is 0 Å². The summed E-state index contributed by atoms with van der Waals surface area (Å²) < 4.78 is 9.89. The van der Waals surface area contributed by atoms with Crippen LogP contribution >= 0.6 is 0 Å². The highest BCUT2D eigenvalue weighted by atomic mass is 16.5. The van der Waals surface area contributed by atoms with Crippen molar-refractivity contribution in [1.82, 2.24) is 10.2 Å². The number of carboxylic acids is 1. The molecule has 0 aliphatic rings. The van der Waals surface area contributed by atoms with E-state index < -0.39 is 18.0 Å². The van der Waals surface area contributed by atoms with E-state index in [1.165, 1.54) is 12.0 Å². The molecule has 0 aliphatic carbocycles. The third-order valence-corrected chi connectivity index (χ3v) is 2.31. The SMILES string of the molecule is CCOCCN(CC)C(=O)NC(COC)C(=O)O. The van der Waals surface area contributed by atoms with E-state index in [0.29, 0.717) is 26.3 Å². The molecule has 0 spiro atoms. The maximum Gasteiger partial charge on any atom is 0.328 e. The van der Waals surface area contributed by atoms with E-state index in [2.05, 4.69) is 5.32 Å². The number of hydrogen-bond donors (Lipinski definition) is 2. The summed E-state index contributed by atoms with van der Waals surface area (Å²) in [6, 6.07) is -1.47. The van der Waals surface area contributed by atoms with E-state index in [1.807, 2.05) is 13.8 Å². The molecule has 0 aromatic carbocycles. The number of ether oxygens (including phenoxy) is 2. The molecule has 0 aromatic rings. The average molecular weight is 262 g/mol. The standard InChI is InChI=1S/C11H22N2O5/c1-4-13(6-7-18-5-2)11(16)12-9(8-17-3)10(14)15/h9H,4-8H2,1-3H3,(H,12,16)(H,14,15). The van der Waals surface area contributed by atoms with Crippen molar-refractivity contribution < 1.29 is 24.2 Å². The Kier molecular flexibility index (Phi) is 8.95. The normalized spacial score (nSPS) is 11.9. The Hall–Kier alpha value is -1.34. The highest BCUT2D eigenvalue weighted by molar-refractivity contribution is 5.82. The molecule has 0 aromatic heterocycles. The van der Waals surface area contributed by atoms with Crippen LogP contribution in [0.5, 0.6) is 0 Å². The van der Waals surface area contributed by atoms with Crippen molar-refractivity contribution >= 4 is 12.0 Å². The van der Waals surface area contributed by atoms with E-state index in [0.717, 1.165) is 0 Å². The maximum atomic E-state index is 11.8. The van der Waals surface area contributed by atoms with E-state index in [-0.39, 0.29) is 6.61 Å². The van der Waals surface area contributed by atoms with Gasteiger partial charge in [-0.15, -0.1) is 0 Å². The molecule has 7 heteroatoms. The lowest BCUT2D eigenvalue weighted by atomic mass is 10.3. The molecule has 1 unspecified atom stereocenters. The zero-order valence-electron chi connectivity index (χ0n) is 11.1. The molecule has 106 valence electrons. The van der Waals surface area contributed by atoms with Gasteiger partial charge in [0.15, 0.2) is 6.04 Å². The molecular weight excluding hydrogens is 240 g/mol. The number of urea groups is 1. The number of aliphatic carboxylic acids is 1. The van der Waals surface area contributed by atoms with Gasteiger partial charge in [-0.3, -0.25) is 0 Å². The summed E-state index contributed by atoms with van der Waals surface area (Å²) in [6.45, 7) is 5.55. The Bertz CT molecular complexity index is 260. The molecule has 0 saturated heterocycles. The minimum absolute atomic E-state index is 0.0654. The molecule has 0 aliphatic heterocycles. The summed E-state index contributed by atoms with van der Waals surface area (Å²) >= 11 is 0. The second-order valence-corrected chi connectivity index (χ2v) is 3.57. The number of carboxylic acid groups (broad SMARTS) is 1. The zero-order chi connectivity index (χ0) is 14.0. The molecule has 0 fully saturated rings.